The van der Waals surface area contributed by atoms with Crippen molar-refractivity contribution in [3.63, 3.8) is 0 Å². The zero-order valence-electron chi connectivity index (χ0n) is 16.1. The van der Waals surface area contributed by atoms with E-state index in [9.17, 15) is 9.00 Å². The summed E-state index contributed by atoms with van der Waals surface area (Å²) in [5.74, 6) is 2.05. The van der Waals surface area contributed by atoms with Gasteiger partial charge in [0.05, 0.1) is 16.9 Å². The van der Waals surface area contributed by atoms with Crippen molar-refractivity contribution in [1.82, 2.24) is 0 Å². The minimum absolute atomic E-state index is 0.0782. The van der Waals surface area contributed by atoms with Crippen molar-refractivity contribution in [2.45, 2.75) is 75.9 Å². The van der Waals surface area contributed by atoms with Crippen molar-refractivity contribution >= 4 is 33.3 Å². The van der Waals surface area contributed by atoms with Gasteiger partial charge in [-0.05, 0) is 94.4 Å². The second-order valence-corrected chi connectivity index (χ2v) is 11.8. The Morgan fingerprint density at radius 1 is 1.15 bits per heavy atom. The van der Waals surface area contributed by atoms with E-state index >= 15 is 0 Å². The molecule has 6 heteroatoms. The molecule has 1 aromatic heterocycles. The molecular weight excluding hydrogens is 378 g/mol. The Balaban J connectivity index is 1.44. The summed E-state index contributed by atoms with van der Waals surface area (Å²) in [5.41, 5.74) is 1.82. The standard InChI is InChI=1S/C21H29NO3S2/c1-2-25-20(23)18-16-5-3-4-6-17(16)26-19(18)22-27(24)21-10-13-7-14(11-21)9-15(8-13)12-21/h13-15,22H,2-12H2,1H3. The molecule has 0 amide bonds. The number of hydrogen-bond acceptors (Lipinski definition) is 4. The number of anilines is 1. The fourth-order valence-electron chi connectivity index (χ4n) is 6.51. The van der Waals surface area contributed by atoms with Crippen LogP contribution in [0.25, 0.3) is 0 Å². The first-order valence-electron chi connectivity index (χ1n) is 10.6. The molecule has 0 spiro atoms. The number of rotatable bonds is 5. The molecular formula is C21H29NO3S2. The topological polar surface area (TPSA) is 55.4 Å². The zero-order valence-corrected chi connectivity index (χ0v) is 17.7. The van der Waals surface area contributed by atoms with Crippen LogP contribution in [0, 0.1) is 17.8 Å². The third-order valence-corrected chi connectivity index (χ3v) is 10.2. The Labute approximate surface area is 168 Å². The van der Waals surface area contributed by atoms with Crippen LogP contribution in [0.1, 0.15) is 79.1 Å². The summed E-state index contributed by atoms with van der Waals surface area (Å²) >= 11 is 1.64. The van der Waals surface area contributed by atoms with Gasteiger partial charge in [-0.2, -0.15) is 0 Å². The van der Waals surface area contributed by atoms with E-state index in [1.54, 1.807) is 11.3 Å². The summed E-state index contributed by atoms with van der Waals surface area (Å²) in [6.07, 6.45) is 11.6. The quantitative estimate of drug-likeness (QED) is 0.710. The van der Waals surface area contributed by atoms with Crippen molar-refractivity contribution in [1.29, 1.82) is 0 Å². The van der Waals surface area contributed by atoms with Crippen LogP contribution in [0.3, 0.4) is 0 Å². The van der Waals surface area contributed by atoms with Gasteiger partial charge >= 0.3 is 5.97 Å². The Morgan fingerprint density at radius 2 is 1.78 bits per heavy atom. The molecule has 5 aliphatic rings. The van der Waals surface area contributed by atoms with Crippen molar-refractivity contribution in [3.05, 3.63) is 16.0 Å². The van der Waals surface area contributed by atoms with E-state index in [1.165, 1.54) is 30.6 Å². The first-order valence-corrected chi connectivity index (χ1v) is 12.5. The minimum Gasteiger partial charge on any atom is -0.462 e. The number of esters is 1. The number of hydrogen-bond donors (Lipinski definition) is 1. The summed E-state index contributed by atoms with van der Waals surface area (Å²) in [5, 5.41) is 0.800. The van der Waals surface area contributed by atoms with Crippen LogP contribution >= 0.6 is 11.3 Å². The highest BCUT2D eigenvalue weighted by Gasteiger charge is 2.54. The molecule has 0 aromatic carbocycles. The highest BCUT2D eigenvalue weighted by atomic mass is 32.2. The van der Waals surface area contributed by atoms with Crippen LogP contribution in [-0.2, 0) is 28.6 Å². The smallest absolute Gasteiger partial charge is 0.341 e. The number of nitrogens with one attached hydrogen (secondary N) is 1. The maximum absolute atomic E-state index is 13.6. The van der Waals surface area contributed by atoms with E-state index in [-0.39, 0.29) is 10.7 Å². The van der Waals surface area contributed by atoms with Gasteiger partial charge in [0.2, 0.25) is 0 Å². The normalized spacial score (nSPS) is 34.9. The fraction of sp³-hybridized carbons (Fsp3) is 0.762. The van der Waals surface area contributed by atoms with Crippen LogP contribution in [0.15, 0.2) is 0 Å². The van der Waals surface area contributed by atoms with Crippen LogP contribution in [-0.4, -0.2) is 21.5 Å². The highest BCUT2D eigenvalue weighted by molar-refractivity contribution is 7.88. The van der Waals surface area contributed by atoms with Gasteiger partial charge in [0.15, 0.2) is 0 Å². The first kappa shape index (κ1) is 18.2. The Bertz CT molecular complexity index is 749. The largest absolute Gasteiger partial charge is 0.462 e. The number of thiophene rings is 1. The molecule has 4 fully saturated rings. The molecule has 4 saturated carbocycles. The van der Waals surface area contributed by atoms with Crippen LogP contribution in [0.2, 0.25) is 0 Å². The fourth-order valence-corrected chi connectivity index (χ4v) is 9.68. The van der Waals surface area contributed by atoms with Crippen LogP contribution in [0.4, 0.5) is 5.00 Å². The van der Waals surface area contributed by atoms with Gasteiger partial charge in [-0.15, -0.1) is 11.3 Å². The summed E-state index contributed by atoms with van der Waals surface area (Å²) in [4.78, 5) is 14.0. The zero-order chi connectivity index (χ0) is 18.6. The molecule has 5 aliphatic carbocycles. The Kier molecular flexibility index (Phi) is 4.62. The van der Waals surface area contributed by atoms with E-state index < -0.39 is 11.0 Å². The van der Waals surface area contributed by atoms with Gasteiger partial charge in [-0.25, -0.2) is 9.00 Å². The minimum atomic E-state index is -1.13. The van der Waals surface area contributed by atoms with Gasteiger partial charge in [-0.3, -0.25) is 4.72 Å². The number of ether oxygens (including phenoxy) is 1. The third-order valence-electron chi connectivity index (χ3n) is 7.21. The molecule has 0 radical (unpaired) electrons. The molecule has 1 unspecified atom stereocenters. The van der Waals surface area contributed by atoms with Gasteiger partial charge in [0.1, 0.15) is 16.0 Å². The van der Waals surface area contributed by atoms with Crippen molar-refractivity contribution in [2.24, 2.45) is 17.8 Å². The van der Waals surface area contributed by atoms with E-state index in [1.807, 2.05) is 6.92 Å². The summed E-state index contributed by atoms with van der Waals surface area (Å²) in [6, 6.07) is 0. The van der Waals surface area contributed by atoms with E-state index in [0.29, 0.717) is 12.2 Å². The lowest BCUT2D eigenvalue weighted by Crippen LogP contribution is -2.54. The summed E-state index contributed by atoms with van der Waals surface area (Å²) < 4.78 is 22.2. The molecule has 4 bridgehead atoms. The summed E-state index contributed by atoms with van der Waals surface area (Å²) in [6.45, 7) is 2.22. The molecule has 1 atom stereocenters. The number of carbonyl (C=O) groups is 1. The highest BCUT2D eigenvalue weighted by Crippen LogP contribution is 2.58. The summed E-state index contributed by atoms with van der Waals surface area (Å²) in [7, 11) is -1.13. The maximum Gasteiger partial charge on any atom is 0.341 e. The lowest BCUT2D eigenvalue weighted by atomic mass is 9.56. The monoisotopic (exact) mass is 407 g/mol. The SMILES string of the molecule is CCOC(=O)c1c(NS(=O)C23CC4CC(CC(C4)C2)C3)sc2c1CCCC2. The molecule has 0 saturated heterocycles. The van der Waals surface area contributed by atoms with E-state index in [4.69, 9.17) is 4.74 Å². The first-order chi connectivity index (χ1) is 13.1. The van der Waals surface area contributed by atoms with Gasteiger partial charge in [-0.1, -0.05) is 0 Å². The van der Waals surface area contributed by atoms with Crippen molar-refractivity contribution in [2.75, 3.05) is 11.3 Å². The van der Waals surface area contributed by atoms with Gasteiger partial charge in [0, 0.05) is 4.88 Å². The molecule has 27 heavy (non-hydrogen) atoms. The lowest BCUT2D eigenvalue weighted by molar-refractivity contribution is 0.0363. The third kappa shape index (κ3) is 3.07. The van der Waals surface area contributed by atoms with Gasteiger partial charge in [0.25, 0.3) is 0 Å². The number of carbonyl (C=O) groups excluding carboxylic acids is 1. The predicted octanol–water partition coefficient (Wildman–Crippen LogP) is 4.85. The van der Waals surface area contributed by atoms with E-state index in [2.05, 4.69) is 4.72 Å². The van der Waals surface area contributed by atoms with Crippen LogP contribution < -0.4 is 4.72 Å². The van der Waals surface area contributed by atoms with Crippen LogP contribution in [0.5, 0.6) is 0 Å². The average molecular weight is 408 g/mol. The molecule has 4 nitrogen and oxygen atoms in total. The number of fused-ring (bicyclic) bond motifs is 1. The second-order valence-electron chi connectivity index (χ2n) is 9.11. The van der Waals surface area contributed by atoms with Crippen molar-refractivity contribution < 1.29 is 13.7 Å². The van der Waals surface area contributed by atoms with Gasteiger partial charge < -0.3 is 4.74 Å². The molecule has 1 N–H and O–H groups in total. The molecule has 0 aliphatic heterocycles. The van der Waals surface area contributed by atoms with E-state index in [0.717, 1.165) is 66.8 Å². The Hall–Kier alpha value is -0.880. The molecule has 6 rings (SSSR count). The Morgan fingerprint density at radius 3 is 2.41 bits per heavy atom. The molecule has 148 valence electrons. The molecule has 1 aromatic rings. The maximum atomic E-state index is 13.6. The predicted molar refractivity (Wildman–Crippen MR) is 110 cm³/mol. The molecule has 1 heterocycles. The lowest BCUT2D eigenvalue weighted by Gasteiger charge is -2.55. The van der Waals surface area contributed by atoms with Crippen molar-refractivity contribution in [3.8, 4) is 0 Å². The average Bonchev–Trinajstić information content (AvgIpc) is 2.98. The number of aryl methyl sites for hydroxylation is 1. The second kappa shape index (κ2) is 6.87.